The third-order valence-corrected chi connectivity index (χ3v) is 5.28. The minimum atomic E-state index is 0.0242. The molecule has 4 nitrogen and oxygen atoms in total. The van der Waals surface area contributed by atoms with Gasteiger partial charge in [0.05, 0.1) is 11.2 Å². The molecule has 1 atom stereocenters. The lowest BCUT2D eigenvalue weighted by molar-refractivity contribution is -0.116. The van der Waals surface area contributed by atoms with Crippen LogP contribution in [0.15, 0.2) is 79.3 Å². The van der Waals surface area contributed by atoms with E-state index in [-0.39, 0.29) is 11.8 Å². The smallest absolute Gasteiger partial charge is 0.225 e. The van der Waals surface area contributed by atoms with Gasteiger partial charge in [-0.15, -0.1) is 0 Å². The van der Waals surface area contributed by atoms with Crippen LogP contribution >= 0.6 is 0 Å². The minimum absolute atomic E-state index is 0.0242. The molecule has 0 unspecified atom stereocenters. The molecule has 2 aromatic heterocycles. The highest BCUT2D eigenvalue weighted by Gasteiger charge is 2.27. The van der Waals surface area contributed by atoms with E-state index in [2.05, 4.69) is 51.4 Å². The molecule has 4 heteroatoms. The molecule has 1 amide bonds. The molecule has 1 aliphatic heterocycles. The number of aromatic nitrogens is 2. The molecule has 132 valence electrons. The number of nitrogens with zero attached hydrogens (tertiary/aromatic N) is 2. The van der Waals surface area contributed by atoms with Crippen molar-refractivity contribution in [1.29, 1.82) is 0 Å². The fourth-order valence-electron chi connectivity index (χ4n) is 4.05. The number of hydrogen-bond acceptors (Lipinski definition) is 2. The van der Waals surface area contributed by atoms with Crippen molar-refractivity contribution in [3.05, 3.63) is 95.9 Å². The van der Waals surface area contributed by atoms with E-state index >= 15 is 0 Å². The molecule has 0 fully saturated rings. The highest BCUT2D eigenvalue weighted by atomic mass is 16.1. The Balaban J connectivity index is 1.71. The predicted octanol–water partition coefficient (Wildman–Crippen LogP) is 4.56. The van der Waals surface area contributed by atoms with E-state index < -0.39 is 0 Å². The third-order valence-electron chi connectivity index (χ3n) is 5.28. The number of nitrogens with one attached hydrogen (secondary N) is 1. The molecular weight excluding hydrogens is 334 g/mol. The van der Waals surface area contributed by atoms with Crippen LogP contribution in [0.4, 0.5) is 5.69 Å². The van der Waals surface area contributed by atoms with Gasteiger partial charge >= 0.3 is 0 Å². The molecule has 3 heterocycles. The molecule has 1 N–H and O–H groups in total. The van der Waals surface area contributed by atoms with Crippen LogP contribution in [0.3, 0.4) is 0 Å². The summed E-state index contributed by atoms with van der Waals surface area (Å²) in [4.78, 5) is 16.6. The maximum atomic E-state index is 12.5. The van der Waals surface area contributed by atoms with Crippen LogP contribution in [0.2, 0.25) is 0 Å². The Hall–Kier alpha value is -3.40. The summed E-state index contributed by atoms with van der Waals surface area (Å²) in [6.45, 7) is 0.803. The summed E-state index contributed by atoms with van der Waals surface area (Å²) in [7, 11) is 0. The Morgan fingerprint density at radius 3 is 2.63 bits per heavy atom. The van der Waals surface area contributed by atoms with Gasteiger partial charge < -0.3 is 9.88 Å². The monoisotopic (exact) mass is 353 g/mol. The number of anilines is 1. The summed E-state index contributed by atoms with van der Waals surface area (Å²) in [6.07, 6.45) is 6.24. The molecule has 0 aliphatic carbocycles. The van der Waals surface area contributed by atoms with Gasteiger partial charge in [-0.05, 0) is 41.0 Å². The van der Waals surface area contributed by atoms with E-state index in [9.17, 15) is 4.79 Å². The van der Waals surface area contributed by atoms with Crippen LogP contribution in [-0.2, 0) is 11.3 Å². The average molecular weight is 353 g/mol. The first-order valence-corrected chi connectivity index (χ1v) is 9.15. The Kier molecular flexibility index (Phi) is 3.75. The normalized spacial score (nSPS) is 16.1. The predicted molar refractivity (Wildman–Crippen MR) is 107 cm³/mol. The van der Waals surface area contributed by atoms with Crippen LogP contribution in [0, 0.1) is 0 Å². The molecule has 0 saturated carbocycles. The lowest BCUT2D eigenvalue weighted by atomic mass is 9.89. The van der Waals surface area contributed by atoms with E-state index in [1.807, 2.05) is 30.3 Å². The van der Waals surface area contributed by atoms with Gasteiger partial charge in [-0.2, -0.15) is 0 Å². The zero-order valence-corrected chi connectivity index (χ0v) is 14.8. The fraction of sp³-hybridized carbons (Fsp3) is 0.130. The Labute approximate surface area is 157 Å². The number of pyridine rings is 1. The molecule has 0 saturated heterocycles. The third kappa shape index (κ3) is 2.79. The first kappa shape index (κ1) is 15.8. The molecule has 27 heavy (non-hydrogen) atoms. The molecule has 4 aromatic rings. The van der Waals surface area contributed by atoms with Gasteiger partial charge in [0.15, 0.2) is 0 Å². The van der Waals surface area contributed by atoms with Crippen molar-refractivity contribution in [1.82, 2.24) is 9.55 Å². The van der Waals surface area contributed by atoms with Crippen LogP contribution in [0.5, 0.6) is 0 Å². The van der Waals surface area contributed by atoms with Gasteiger partial charge in [-0.1, -0.05) is 36.4 Å². The first-order chi connectivity index (χ1) is 13.3. The van der Waals surface area contributed by atoms with E-state index in [0.29, 0.717) is 6.42 Å². The average Bonchev–Trinajstić information content (AvgIpc) is 2.99. The van der Waals surface area contributed by atoms with Crippen molar-refractivity contribution in [2.45, 2.75) is 18.9 Å². The van der Waals surface area contributed by atoms with Crippen LogP contribution in [0.1, 0.15) is 29.0 Å². The van der Waals surface area contributed by atoms with Crippen molar-refractivity contribution in [3.63, 3.8) is 0 Å². The summed E-state index contributed by atoms with van der Waals surface area (Å²) in [5, 5.41) is 4.24. The zero-order chi connectivity index (χ0) is 18.2. The van der Waals surface area contributed by atoms with E-state index in [1.54, 1.807) is 12.4 Å². The van der Waals surface area contributed by atoms with E-state index in [1.165, 1.54) is 11.1 Å². The number of carbonyl (C=O) groups excluding carboxylic acids is 1. The largest absolute Gasteiger partial charge is 0.343 e. The summed E-state index contributed by atoms with van der Waals surface area (Å²) in [5.74, 6) is 0.0753. The standard InChI is InChI=1S/C23H19N3O/c27-22-13-18(17-9-11-24-12-10-17)19-15-26(14-16-5-2-1-3-6-16)21-8-4-7-20(25-22)23(19)21/h1-12,15,18H,13-14H2,(H,25,27)/t18-/m0/s1. The minimum Gasteiger partial charge on any atom is -0.343 e. The van der Waals surface area contributed by atoms with Gasteiger partial charge in [0.2, 0.25) is 5.91 Å². The summed E-state index contributed by atoms with van der Waals surface area (Å²) >= 11 is 0. The Morgan fingerprint density at radius 1 is 1.00 bits per heavy atom. The summed E-state index contributed by atoms with van der Waals surface area (Å²) < 4.78 is 2.29. The highest BCUT2D eigenvalue weighted by molar-refractivity contribution is 6.06. The fourth-order valence-corrected chi connectivity index (χ4v) is 4.05. The maximum absolute atomic E-state index is 12.5. The molecule has 2 aromatic carbocycles. The van der Waals surface area contributed by atoms with E-state index in [4.69, 9.17) is 0 Å². The van der Waals surface area contributed by atoms with E-state index in [0.717, 1.165) is 28.7 Å². The number of carbonyl (C=O) groups is 1. The van der Waals surface area contributed by atoms with Crippen molar-refractivity contribution in [2.24, 2.45) is 0 Å². The van der Waals surface area contributed by atoms with Gasteiger partial charge in [-0.3, -0.25) is 9.78 Å². The molecule has 5 rings (SSSR count). The van der Waals surface area contributed by atoms with Gasteiger partial charge in [-0.25, -0.2) is 0 Å². The Bertz CT molecular complexity index is 1120. The van der Waals surface area contributed by atoms with Crippen molar-refractivity contribution < 1.29 is 4.79 Å². The molecular formula is C23H19N3O. The van der Waals surface area contributed by atoms with Gasteiger partial charge in [0.25, 0.3) is 0 Å². The summed E-state index contributed by atoms with van der Waals surface area (Å²) in [5.41, 5.74) is 5.62. The SMILES string of the molecule is O=C1C[C@@H](c2ccncc2)c2cn(Cc3ccccc3)c3cccc(c23)N1. The second-order valence-electron chi connectivity index (χ2n) is 6.98. The topological polar surface area (TPSA) is 46.9 Å². The molecule has 0 spiro atoms. The number of amides is 1. The quantitative estimate of drug-likeness (QED) is 0.587. The second-order valence-corrected chi connectivity index (χ2v) is 6.98. The molecule has 0 bridgehead atoms. The highest BCUT2D eigenvalue weighted by Crippen LogP contribution is 2.40. The Morgan fingerprint density at radius 2 is 1.81 bits per heavy atom. The van der Waals surface area contributed by atoms with Gasteiger partial charge in [0.1, 0.15) is 0 Å². The van der Waals surface area contributed by atoms with Crippen molar-refractivity contribution in [3.8, 4) is 0 Å². The number of hydrogen-bond donors (Lipinski definition) is 1. The molecule has 1 aliphatic rings. The lowest BCUT2D eigenvalue weighted by Gasteiger charge is -2.14. The lowest BCUT2D eigenvalue weighted by Crippen LogP contribution is -2.14. The first-order valence-electron chi connectivity index (χ1n) is 9.15. The van der Waals surface area contributed by atoms with Crippen LogP contribution in [0.25, 0.3) is 10.9 Å². The van der Waals surface area contributed by atoms with Gasteiger partial charge in [0, 0.05) is 42.9 Å². The van der Waals surface area contributed by atoms with Crippen LogP contribution in [-0.4, -0.2) is 15.5 Å². The second kappa shape index (κ2) is 6.40. The summed E-state index contributed by atoms with van der Waals surface area (Å²) in [6, 6.07) is 20.6. The number of benzene rings is 2. The maximum Gasteiger partial charge on any atom is 0.225 e. The molecule has 0 radical (unpaired) electrons. The zero-order valence-electron chi connectivity index (χ0n) is 14.8. The van der Waals surface area contributed by atoms with Crippen LogP contribution < -0.4 is 5.32 Å². The van der Waals surface area contributed by atoms with Crippen molar-refractivity contribution >= 4 is 22.5 Å². The van der Waals surface area contributed by atoms with Crippen molar-refractivity contribution in [2.75, 3.05) is 5.32 Å². The number of rotatable bonds is 3.